The van der Waals surface area contributed by atoms with Crippen molar-refractivity contribution >= 4 is 40.8 Å². The van der Waals surface area contributed by atoms with E-state index in [9.17, 15) is 0 Å². The van der Waals surface area contributed by atoms with Crippen LogP contribution in [0, 0.1) is 0 Å². The molecule has 0 aliphatic rings. The van der Waals surface area contributed by atoms with Crippen LogP contribution in [-0.2, 0) is 19.7 Å². The van der Waals surface area contributed by atoms with E-state index in [2.05, 4.69) is 27.8 Å². The molecule has 30 heavy (non-hydrogen) atoms. The van der Waals surface area contributed by atoms with Crippen molar-refractivity contribution in [2.75, 3.05) is 11.9 Å². The Hall–Kier alpha value is -2.22. The fourth-order valence-electron chi connectivity index (χ4n) is 2.78. The molecule has 2 aromatic carbocycles. The van der Waals surface area contributed by atoms with Crippen LogP contribution in [0.2, 0.25) is 15.1 Å². The highest BCUT2D eigenvalue weighted by atomic mass is 35.5. The molecular weight excluding hydrogens is 449 g/mol. The Morgan fingerprint density at radius 1 is 1.00 bits per heavy atom. The maximum atomic E-state index is 6.50. The van der Waals surface area contributed by atoms with E-state index >= 15 is 0 Å². The molecule has 3 rings (SSSR count). The molecule has 0 spiro atoms. The van der Waals surface area contributed by atoms with Gasteiger partial charge in [-0.3, -0.25) is 0 Å². The van der Waals surface area contributed by atoms with Crippen molar-refractivity contribution in [1.29, 1.82) is 0 Å². The minimum Gasteiger partial charge on any atom is -0.490 e. The van der Waals surface area contributed by atoms with E-state index in [0.717, 1.165) is 18.5 Å². The molecule has 0 atom stereocenters. The van der Waals surface area contributed by atoms with Crippen LogP contribution in [0.1, 0.15) is 31.4 Å². The molecule has 0 amide bonds. The Morgan fingerprint density at radius 3 is 2.43 bits per heavy atom. The van der Waals surface area contributed by atoms with Crippen LogP contribution in [0.25, 0.3) is 0 Å². The summed E-state index contributed by atoms with van der Waals surface area (Å²) in [6.45, 7) is 5.79. The summed E-state index contributed by atoms with van der Waals surface area (Å²) in [5.74, 6) is 1.67. The van der Waals surface area contributed by atoms with Gasteiger partial charge in [-0.05, 0) is 47.5 Å². The number of anilines is 1. The molecule has 10 heteroatoms. The lowest BCUT2D eigenvalue weighted by molar-refractivity contribution is 0.269. The van der Waals surface area contributed by atoms with Gasteiger partial charge in [0.15, 0.2) is 11.5 Å². The Kier molecular flexibility index (Phi) is 8.01. The van der Waals surface area contributed by atoms with E-state index in [1.807, 2.05) is 13.0 Å². The van der Waals surface area contributed by atoms with E-state index in [1.54, 1.807) is 28.9 Å². The minimum absolute atomic E-state index is 0.193. The minimum atomic E-state index is 0.193. The summed E-state index contributed by atoms with van der Waals surface area (Å²) >= 11 is 19.0. The normalized spacial score (nSPS) is 10.8. The molecule has 0 bridgehead atoms. The molecule has 0 aliphatic carbocycles. The molecule has 0 radical (unpaired) electrons. The molecule has 1 N–H and O–H groups in total. The van der Waals surface area contributed by atoms with Gasteiger partial charge in [0.2, 0.25) is 5.95 Å². The first kappa shape index (κ1) is 22.5. The predicted molar refractivity (Wildman–Crippen MR) is 119 cm³/mol. The highest BCUT2D eigenvalue weighted by Crippen LogP contribution is 2.35. The molecule has 0 saturated carbocycles. The highest BCUT2D eigenvalue weighted by molar-refractivity contribution is 6.36. The van der Waals surface area contributed by atoms with Crippen LogP contribution in [0.4, 0.5) is 5.95 Å². The van der Waals surface area contributed by atoms with Crippen molar-refractivity contribution in [2.24, 2.45) is 0 Å². The number of ether oxygens (including phenoxy) is 2. The summed E-state index contributed by atoms with van der Waals surface area (Å²) in [7, 11) is 0. The Bertz CT molecular complexity index is 976. The van der Waals surface area contributed by atoms with E-state index in [0.29, 0.717) is 51.2 Å². The largest absolute Gasteiger partial charge is 0.490 e. The smallest absolute Gasteiger partial charge is 0.243 e. The number of benzene rings is 2. The summed E-state index contributed by atoms with van der Waals surface area (Å²) in [6.07, 6.45) is 0.927. The first-order chi connectivity index (χ1) is 14.5. The van der Waals surface area contributed by atoms with Crippen LogP contribution < -0.4 is 14.8 Å². The fraction of sp³-hybridized carbons (Fsp3) is 0.350. The number of hydrogen-bond acceptors (Lipinski definition) is 6. The van der Waals surface area contributed by atoms with Crippen LogP contribution in [0.15, 0.2) is 30.3 Å². The summed E-state index contributed by atoms with van der Waals surface area (Å²) in [5.41, 5.74) is 1.53. The summed E-state index contributed by atoms with van der Waals surface area (Å²) in [6, 6.07) is 8.89. The van der Waals surface area contributed by atoms with Crippen molar-refractivity contribution in [2.45, 2.75) is 40.0 Å². The van der Waals surface area contributed by atoms with Gasteiger partial charge in [0, 0.05) is 39.8 Å². The number of nitrogens with zero attached hydrogens (tertiary/aromatic N) is 4. The van der Waals surface area contributed by atoms with Crippen molar-refractivity contribution in [1.82, 2.24) is 20.2 Å². The number of aryl methyl sites for hydroxylation is 1. The predicted octanol–water partition coefficient (Wildman–Crippen LogP) is 5.63. The molecule has 0 unspecified atom stereocenters. The first-order valence-electron chi connectivity index (χ1n) is 9.54. The molecule has 160 valence electrons. The van der Waals surface area contributed by atoms with Gasteiger partial charge in [0.05, 0.1) is 6.61 Å². The average Bonchev–Trinajstić information content (AvgIpc) is 3.16. The second kappa shape index (κ2) is 10.7. The van der Waals surface area contributed by atoms with Crippen LogP contribution in [-0.4, -0.2) is 26.8 Å². The third kappa shape index (κ3) is 5.47. The molecule has 3 aromatic rings. The van der Waals surface area contributed by atoms with E-state index in [-0.39, 0.29) is 6.61 Å². The third-order valence-corrected chi connectivity index (χ3v) is 5.31. The van der Waals surface area contributed by atoms with E-state index < -0.39 is 0 Å². The maximum Gasteiger partial charge on any atom is 0.243 e. The van der Waals surface area contributed by atoms with Crippen LogP contribution in [0.3, 0.4) is 0 Å². The van der Waals surface area contributed by atoms with Crippen molar-refractivity contribution in [3.8, 4) is 11.5 Å². The quantitative estimate of drug-likeness (QED) is 0.414. The zero-order valence-corrected chi connectivity index (χ0v) is 18.9. The number of aromatic nitrogens is 4. The summed E-state index contributed by atoms with van der Waals surface area (Å²) in [4.78, 5) is 0. The van der Waals surface area contributed by atoms with Gasteiger partial charge >= 0.3 is 0 Å². The SMILES string of the molecule is CCCn1nnnc1NCc1cc(OCC)c(OCc2c(Cl)cccc2Cl)cc1Cl. The lowest BCUT2D eigenvalue weighted by atomic mass is 10.2. The number of rotatable bonds is 10. The average molecular weight is 471 g/mol. The zero-order valence-electron chi connectivity index (χ0n) is 16.7. The van der Waals surface area contributed by atoms with E-state index in [1.165, 1.54) is 0 Å². The molecule has 0 fully saturated rings. The second-order valence-electron chi connectivity index (χ2n) is 6.39. The zero-order chi connectivity index (χ0) is 21.5. The van der Waals surface area contributed by atoms with Gasteiger partial charge in [-0.1, -0.05) is 52.9 Å². The van der Waals surface area contributed by atoms with Gasteiger partial charge in [-0.2, -0.15) is 0 Å². The van der Waals surface area contributed by atoms with Crippen molar-refractivity contribution in [3.05, 3.63) is 56.5 Å². The number of nitrogens with one attached hydrogen (secondary N) is 1. The Balaban J connectivity index is 1.77. The first-order valence-corrected chi connectivity index (χ1v) is 10.7. The Morgan fingerprint density at radius 2 is 1.73 bits per heavy atom. The van der Waals surface area contributed by atoms with Gasteiger partial charge in [0.25, 0.3) is 0 Å². The second-order valence-corrected chi connectivity index (χ2v) is 7.61. The number of tetrazole rings is 1. The van der Waals surface area contributed by atoms with Gasteiger partial charge < -0.3 is 14.8 Å². The van der Waals surface area contributed by atoms with Crippen molar-refractivity contribution in [3.63, 3.8) is 0 Å². The van der Waals surface area contributed by atoms with Crippen LogP contribution >= 0.6 is 34.8 Å². The summed E-state index contributed by atoms with van der Waals surface area (Å²) in [5, 5.41) is 16.5. The molecule has 0 saturated heterocycles. The topological polar surface area (TPSA) is 74.1 Å². The monoisotopic (exact) mass is 469 g/mol. The van der Waals surface area contributed by atoms with Gasteiger partial charge in [-0.15, -0.1) is 0 Å². The van der Waals surface area contributed by atoms with Gasteiger partial charge in [-0.25, -0.2) is 4.68 Å². The molecule has 1 heterocycles. The standard InChI is InChI=1S/C20H22Cl3N5O2/c1-3-8-28-20(25-26-27-28)24-11-13-9-18(29-4-2)19(10-17(13)23)30-12-14-15(21)6-5-7-16(14)22/h5-7,9-10H,3-4,8,11-12H2,1-2H3,(H,24,25,27). The maximum absolute atomic E-state index is 6.50. The third-order valence-electron chi connectivity index (χ3n) is 4.25. The molecule has 0 aliphatic heterocycles. The van der Waals surface area contributed by atoms with E-state index in [4.69, 9.17) is 44.3 Å². The lowest BCUT2D eigenvalue weighted by Crippen LogP contribution is -2.09. The Labute approximate surface area is 190 Å². The number of halogens is 3. The summed E-state index contributed by atoms with van der Waals surface area (Å²) < 4.78 is 13.4. The molecule has 7 nitrogen and oxygen atoms in total. The lowest BCUT2D eigenvalue weighted by Gasteiger charge is -2.16. The molecule has 1 aromatic heterocycles. The van der Waals surface area contributed by atoms with Crippen LogP contribution in [0.5, 0.6) is 11.5 Å². The van der Waals surface area contributed by atoms with Crippen molar-refractivity contribution < 1.29 is 9.47 Å². The van der Waals surface area contributed by atoms with Gasteiger partial charge in [0.1, 0.15) is 6.61 Å². The fourth-order valence-corrected chi connectivity index (χ4v) is 3.51. The molecular formula is C20H22Cl3N5O2. The highest BCUT2D eigenvalue weighted by Gasteiger charge is 2.14. The number of hydrogen-bond donors (Lipinski definition) is 1.